The molecular weight excluding hydrogens is 196 g/mol. The first-order valence-corrected chi connectivity index (χ1v) is 4.38. The van der Waals surface area contributed by atoms with Crippen molar-refractivity contribution in [2.24, 2.45) is 10.9 Å². The fourth-order valence-electron chi connectivity index (χ4n) is 0.972. The SMILES string of the molecule is NC(CC(=O)OCc1ccccc1)=NO. The third kappa shape index (κ3) is 4.12. The number of carbonyl (C=O) groups is 1. The van der Waals surface area contributed by atoms with E-state index in [0.29, 0.717) is 0 Å². The summed E-state index contributed by atoms with van der Waals surface area (Å²) in [6.45, 7) is 0.193. The van der Waals surface area contributed by atoms with Crippen LogP contribution < -0.4 is 5.73 Å². The molecule has 0 spiro atoms. The molecule has 15 heavy (non-hydrogen) atoms. The van der Waals surface area contributed by atoms with Crippen LogP contribution in [0.5, 0.6) is 0 Å². The topological polar surface area (TPSA) is 84.9 Å². The summed E-state index contributed by atoms with van der Waals surface area (Å²) < 4.78 is 4.89. The van der Waals surface area contributed by atoms with E-state index in [1.807, 2.05) is 30.3 Å². The number of nitrogens with two attached hydrogens (primary N) is 1. The Kier molecular flexibility index (Phi) is 4.15. The molecule has 0 amide bonds. The lowest BCUT2D eigenvalue weighted by Gasteiger charge is -2.03. The van der Waals surface area contributed by atoms with Gasteiger partial charge in [-0.2, -0.15) is 0 Å². The Balaban J connectivity index is 2.35. The van der Waals surface area contributed by atoms with E-state index in [0.717, 1.165) is 5.56 Å². The molecule has 0 aliphatic carbocycles. The highest BCUT2D eigenvalue weighted by Gasteiger charge is 2.06. The molecule has 5 nitrogen and oxygen atoms in total. The van der Waals surface area contributed by atoms with Crippen LogP contribution in [-0.2, 0) is 16.1 Å². The number of amidine groups is 1. The molecular formula is C10H12N2O3. The molecule has 0 heterocycles. The predicted octanol–water partition coefficient (Wildman–Crippen LogP) is 0.866. The fraction of sp³-hybridized carbons (Fsp3) is 0.200. The summed E-state index contributed by atoms with van der Waals surface area (Å²) in [5.74, 6) is -0.679. The van der Waals surface area contributed by atoms with Crippen LogP contribution in [0.25, 0.3) is 0 Å². The first-order valence-electron chi connectivity index (χ1n) is 4.38. The lowest BCUT2D eigenvalue weighted by Crippen LogP contribution is -2.18. The lowest BCUT2D eigenvalue weighted by atomic mass is 10.2. The number of hydrogen-bond donors (Lipinski definition) is 2. The van der Waals surface area contributed by atoms with Crippen molar-refractivity contribution in [2.75, 3.05) is 0 Å². The normalized spacial score (nSPS) is 11.1. The zero-order valence-electron chi connectivity index (χ0n) is 8.09. The summed E-state index contributed by atoms with van der Waals surface area (Å²) in [5.41, 5.74) is 6.04. The highest BCUT2D eigenvalue weighted by molar-refractivity contribution is 5.96. The maximum Gasteiger partial charge on any atom is 0.313 e. The van der Waals surface area contributed by atoms with Gasteiger partial charge >= 0.3 is 5.97 Å². The minimum Gasteiger partial charge on any atom is -0.460 e. The van der Waals surface area contributed by atoms with E-state index in [2.05, 4.69) is 5.16 Å². The van der Waals surface area contributed by atoms with Crippen molar-refractivity contribution in [1.29, 1.82) is 0 Å². The van der Waals surface area contributed by atoms with Gasteiger partial charge in [0, 0.05) is 0 Å². The molecule has 0 aliphatic heterocycles. The van der Waals surface area contributed by atoms with E-state index in [-0.39, 0.29) is 18.9 Å². The van der Waals surface area contributed by atoms with E-state index in [9.17, 15) is 4.79 Å². The molecule has 1 aromatic rings. The van der Waals surface area contributed by atoms with Crippen molar-refractivity contribution >= 4 is 11.8 Å². The van der Waals surface area contributed by atoms with Crippen molar-refractivity contribution in [3.63, 3.8) is 0 Å². The molecule has 0 atom stereocenters. The molecule has 0 unspecified atom stereocenters. The van der Waals surface area contributed by atoms with Gasteiger partial charge in [-0.1, -0.05) is 35.5 Å². The average Bonchev–Trinajstić information content (AvgIpc) is 2.27. The third-order valence-electron chi connectivity index (χ3n) is 1.70. The largest absolute Gasteiger partial charge is 0.460 e. The maximum atomic E-state index is 11.1. The van der Waals surface area contributed by atoms with Crippen molar-refractivity contribution in [3.8, 4) is 0 Å². The fourth-order valence-corrected chi connectivity index (χ4v) is 0.972. The summed E-state index contributed by atoms with van der Waals surface area (Å²) in [6, 6.07) is 9.27. The standard InChI is InChI=1S/C10H12N2O3/c11-9(12-14)6-10(13)15-7-8-4-2-1-3-5-8/h1-5,14H,6-7H2,(H2,11,12). The highest BCUT2D eigenvalue weighted by Crippen LogP contribution is 2.01. The van der Waals surface area contributed by atoms with Crippen LogP contribution in [0.3, 0.4) is 0 Å². The Morgan fingerprint density at radius 3 is 2.67 bits per heavy atom. The zero-order valence-corrected chi connectivity index (χ0v) is 8.09. The molecule has 0 saturated heterocycles. The lowest BCUT2D eigenvalue weighted by molar-refractivity contribution is -0.143. The van der Waals surface area contributed by atoms with Crippen molar-refractivity contribution in [2.45, 2.75) is 13.0 Å². The van der Waals surface area contributed by atoms with Crippen LogP contribution in [0, 0.1) is 0 Å². The molecule has 1 rings (SSSR count). The Morgan fingerprint density at radius 2 is 2.07 bits per heavy atom. The molecule has 80 valence electrons. The Bertz CT molecular complexity index is 349. The number of nitrogens with zero attached hydrogens (tertiary/aromatic N) is 1. The predicted molar refractivity (Wildman–Crippen MR) is 54.3 cm³/mol. The number of hydrogen-bond acceptors (Lipinski definition) is 4. The van der Waals surface area contributed by atoms with E-state index in [4.69, 9.17) is 15.7 Å². The summed E-state index contributed by atoms with van der Waals surface area (Å²) >= 11 is 0. The number of esters is 1. The van der Waals surface area contributed by atoms with Crippen LogP contribution in [0.1, 0.15) is 12.0 Å². The van der Waals surface area contributed by atoms with Crippen molar-refractivity contribution in [3.05, 3.63) is 35.9 Å². The van der Waals surface area contributed by atoms with E-state index in [1.165, 1.54) is 0 Å². The molecule has 0 radical (unpaired) electrons. The van der Waals surface area contributed by atoms with Gasteiger partial charge in [0.1, 0.15) is 18.9 Å². The van der Waals surface area contributed by atoms with Crippen molar-refractivity contribution < 1.29 is 14.7 Å². The number of benzene rings is 1. The van der Waals surface area contributed by atoms with E-state index >= 15 is 0 Å². The van der Waals surface area contributed by atoms with Crippen LogP contribution in [0.2, 0.25) is 0 Å². The molecule has 0 fully saturated rings. The minimum absolute atomic E-state index is 0.159. The second-order valence-electron chi connectivity index (χ2n) is 2.91. The number of oxime groups is 1. The monoisotopic (exact) mass is 208 g/mol. The summed E-state index contributed by atoms with van der Waals surface area (Å²) in [7, 11) is 0. The van der Waals surface area contributed by atoms with Crippen LogP contribution in [-0.4, -0.2) is 17.0 Å². The van der Waals surface area contributed by atoms with Gasteiger partial charge in [0.15, 0.2) is 0 Å². The first-order chi connectivity index (χ1) is 7.22. The third-order valence-corrected chi connectivity index (χ3v) is 1.70. The summed E-state index contributed by atoms with van der Waals surface area (Å²) in [5, 5.41) is 10.9. The van der Waals surface area contributed by atoms with E-state index in [1.54, 1.807) is 0 Å². The molecule has 0 aromatic heterocycles. The summed E-state index contributed by atoms with van der Waals surface area (Å²) in [4.78, 5) is 11.1. The van der Waals surface area contributed by atoms with Gasteiger partial charge in [-0.15, -0.1) is 0 Å². The molecule has 0 saturated carbocycles. The van der Waals surface area contributed by atoms with Crippen LogP contribution >= 0.6 is 0 Å². The molecule has 3 N–H and O–H groups in total. The Hall–Kier alpha value is -2.04. The molecule has 5 heteroatoms. The Labute approximate surface area is 87.1 Å². The van der Waals surface area contributed by atoms with Gasteiger partial charge in [0.2, 0.25) is 0 Å². The molecule has 0 bridgehead atoms. The van der Waals surface area contributed by atoms with E-state index < -0.39 is 5.97 Å². The smallest absolute Gasteiger partial charge is 0.313 e. The van der Waals surface area contributed by atoms with Gasteiger partial charge in [-0.3, -0.25) is 4.79 Å². The minimum atomic E-state index is -0.519. The highest BCUT2D eigenvalue weighted by atomic mass is 16.5. The number of ether oxygens (including phenoxy) is 1. The van der Waals surface area contributed by atoms with Crippen LogP contribution in [0.4, 0.5) is 0 Å². The number of rotatable bonds is 4. The van der Waals surface area contributed by atoms with Gasteiger partial charge in [-0.05, 0) is 5.56 Å². The Morgan fingerprint density at radius 1 is 1.40 bits per heavy atom. The first kappa shape index (κ1) is 11.0. The summed E-state index contributed by atoms with van der Waals surface area (Å²) in [6.07, 6.45) is -0.205. The van der Waals surface area contributed by atoms with Gasteiger partial charge in [0.25, 0.3) is 0 Å². The zero-order chi connectivity index (χ0) is 11.1. The number of carbonyl (C=O) groups excluding carboxylic acids is 1. The van der Waals surface area contributed by atoms with Crippen molar-refractivity contribution in [1.82, 2.24) is 0 Å². The second kappa shape index (κ2) is 5.64. The molecule has 1 aromatic carbocycles. The maximum absolute atomic E-state index is 11.1. The second-order valence-corrected chi connectivity index (χ2v) is 2.91. The molecule has 0 aliphatic rings. The average molecular weight is 208 g/mol. The quantitative estimate of drug-likeness (QED) is 0.253. The van der Waals surface area contributed by atoms with Gasteiger partial charge in [0.05, 0.1) is 0 Å². The van der Waals surface area contributed by atoms with Crippen LogP contribution in [0.15, 0.2) is 35.5 Å². The van der Waals surface area contributed by atoms with Gasteiger partial charge in [-0.25, -0.2) is 0 Å². The van der Waals surface area contributed by atoms with Gasteiger partial charge < -0.3 is 15.7 Å².